The van der Waals surface area contributed by atoms with Gasteiger partial charge >= 0.3 is 0 Å². The lowest BCUT2D eigenvalue weighted by Gasteiger charge is -2.32. The lowest BCUT2D eigenvalue weighted by atomic mass is 9.69. The molecule has 1 unspecified atom stereocenters. The van der Waals surface area contributed by atoms with Crippen molar-refractivity contribution in [3.05, 3.63) is 198 Å². The molecule has 1 spiro atoms. The first-order chi connectivity index (χ1) is 26.8. The zero-order valence-corrected chi connectivity index (χ0v) is 29.5. The van der Waals surface area contributed by atoms with Crippen LogP contribution in [0.3, 0.4) is 0 Å². The fourth-order valence-electron chi connectivity index (χ4n) is 11.0. The Morgan fingerprint density at radius 3 is 1.74 bits per heavy atom. The van der Waals surface area contributed by atoms with Crippen LogP contribution in [0.5, 0.6) is 0 Å². The number of hydrogen-bond donors (Lipinski definition) is 0. The topological polar surface area (TPSA) is 13.1 Å². The van der Waals surface area contributed by atoms with E-state index >= 15 is 0 Å². The maximum Gasteiger partial charge on any atom is 0.136 e. The van der Waals surface area contributed by atoms with Crippen LogP contribution in [0.2, 0.25) is 0 Å². The van der Waals surface area contributed by atoms with Gasteiger partial charge in [-0.3, -0.25) is 0 Å². The van der Waals surface area contributed by atoms with E-state index in [2.05, 4.69) is 170 Å². The molecule has 0 fully saturated rings. The van der Waals surface area contributed by atoms with Crippen LogP contribution in [0.1, 0.15) is 35.1 Å². The summed E-state index contributed by atoms with van der Waals surface area (Å²) in [5.74, 6) is 0. The first-order valence-corrected chi connectivity index (χ1v) is 19.2. The molecule has 0 aliphatic heterocycles. The van der Waals surface area contributed by atoms with Crippen molar-refractivity contribution in [1.82, 2.24) is 0 Å². The highest BCUT2D eigenvalue weighted by Crippen LogP contribution is 2.65. The van der Waals surface area contributed by atoms with Crippen molar-refractivity contribution in [2.75, 3.05) is 0 Å². The van der Waals surface area contributed by atoms with Gasteiger partial charge in [-0.15, -0.1) is 0 Å². The number of furan rings is 1. The van der Waals surface area contributed by atoms with Crippen LogP contribution in [0.15, 0.2) is 180 Å². The van der Waals surface area contributed by atoms with Crippen LogP contribution in [-0.4, -0.2) is 0 Å². The smallest absolute Gasteiger partial charge is 0.136 e. The van der Waals surface area contributed by atoms with Crippen LogP contribution in [0.4, 0.5) is 0 Å². The zero-order valence-electron chi connectivity index (χ0n) is 29.5. The molecule has 1 heterocycles. The molecule has 3 aliphatic rings. The van der Waals surface area contributed by atoms with E-state index in [1.165, 1.54) is 110 Å². The van der Waals surface area contributed by atoms with Crippen LogP contribution >= 0.6 is 0 Å². The third kappa shape index (κ3) is 3.37. The van der Waals surface area contributed by atoms with Crippen molar-refractivity contribution >= 4 is 59.8 Å². The molecular formula is C53H32O. The largest absolute Gasteiger partial charge is 0.456 e. The molecule has 1 nitrogen and oxygen atoms in total. The average molecular weight is 685 g/mol. The Morgan fingerprint density at radius 2 is 0.981 bits per heavy atom. The van der Waals surface area contributed by atoms with Crippen molar-refractivity contribution < 1.29 is 4.42 Å². The minimum atomic E-state index is -0.342. The standard InChI is InChI=1S/C53H32O/c1-3-19-36-34(17-1)49(35-18-2-4-20-37(35)50(36)41-30-31-14-11-28-46-48(31)52-38(41)22-13-29-47(52)54-46)40-23-12-27-45-51(40)39-21-7-10-26-44(39)53(45)42-24-8-5-15-32(42)33-16-6-9-25-43(33)53/h1-5,7-15,17-30H,6,16H2. The van der Waals surface area contributed by atoms with E-state index in [0.29, 0.717) is 0 Å². The van der Waals surface area contributed by atoms with E-state index in [1.54, 1.807) is 0 Å². The summed E-state index contributed by atoms with van der Waals surface area (Å²) < 4.78 is 6.42. The molecule has 0 radical (unpaired) electrons. The number of benzene rings is 9. The Morgan fingerprint density at radius 1 is 0.426 bits per heavy atom. The van der Waals surface area contributed by atoms with Gasteiger partial charge in [-0.1, -0.05) is 152 Å². The highest BCUT2D eigenvalue weighted by atomic mass is 16.3. The Balaban J connectivity index is 1.17. The number of fused-ring (bicyclic) bond motifs is 11. The molecule has 13 rings (SSSR count). The molecule has 0 amide bonds. The van der Waals surface area contributed by atoms with Gasteiger partial charge in [0.2, 0.25) is 0 Å². The van der Waals surface area contributed by atoms with Gasteiger partial charge in [0.15, 0.2) is 0 Å². The van der Waals surface area contributed by atoms with Crippen LogP contribution in [0, 0.1) is 0 Å². The summed E-state index contributed by atoms with van der Waals surface area (Å²) in [5.41, 5.74) is 17.9. The van der Waals surface area contributed by atoms with E-state index in [1.807, 2.05) is 0 Å². The third-order valence-corrected chi connectivity index (χ3v) is 12.9. The van der Waals surface area contributed by atoms with Crippen molar-refractivity contribution in [2.24, 2.45) is 0 Å². The molecule has 1 heteroatoms. The molecule has 1 atom stereocenters. The maximum atomic E-state index is 6.42. The van der Waals surface area contributed by atoms with E-state index in [0.717, 1.165) is 24.0 Å². The van der Waals surface area contributed by atoms with Crippen molar-refractivity contribution in [1.29, 1.82) is 0 Å². The molecular weight excluding hydrogens is 653 g/mol. The molecule has 9 aromatic carbocycles. The highest BCUT2D eigenvalue weighted by Gasteiger charge is 2.52. The first-order valence-electron chi connectivity index (χ1n) is 19.2. The minimum absolute atomic E-state index is 0.342. The molecule has 3 aliphatic carbocycles. The fourth-order valence-corrected chi connectivity index (χ4v) is 11.0. The normalized spacial score (nSPS) is 17.0. The van der Waals surface area contributed by atoms with E-state index < -0.39 is 0 Å². The van der Waals surface area contributed by atoms with Crippen LogP contribution in [0.25, 0.3) is 93.2 Å². The Kier molecular flexibility index (Phi) is 5.47. The van der Waals surface area contributed by atoms with Gasteiger partial charge in [-0.2, -0.15) is 0 Å². The Labute approximate surface area is 312 Å². The molecule has 0 bridgehead atoms. The highest BCUT2D eigenvalue weighted by molar-refractivity contribution is 6.30. The average Bonchev–Trinajstić information content (AvgIpc) is 3.87. The summed E-state index contributed by atoms with van der Waals surface area (Å²) in [4.78, 5) is 0. The fraction of sp³-hybridized carbons (Fsp3) is 0.0566. The lowest BCUT2D eigenvalue weighted by molar-refractivity contribution is 0.669. The predicted octanol–water partition coefficient (Wildman–Crippen LogP) is 14.2. The zero-order chi connectivity index (χ0) is 35.1. The SMILES string of the molecule is C1=CC2=C(CC1)c1ccccc1C21c2ccccc2-c2c(-c3c4ccccc4c(-c4cc5cccc6oc7cccc4c7c56)c4ccccc34)cccc21. The molecule has 0 saturated heterocycles. The molecule has 10 aromatic rings. The summed E-state index contributed by atoms with van der Waals surface area (Å²) in [6, 6.07) is 59.1. The number of allylic oxidation sites excluding steroid dienone is 4. The number of rotatable bonds is 2. The van der Waals surface area contributed by atoms with Gasteiger partial charge in [-0.25, -0.2) is 0 Å². The minimum Gasteiger partial charge on any atom is -0.456 e. The van der Waals surface area contributed by atoms with Gasteiger partial charge in [0.1, 0.15) is 11.2 Å². The first kappa shape index (κ1) is 28.8. The van der Waals surface area contributed by atoms with Crippen LogP contribution in [-0.2, 0) is 5.41 Å². The summed E-state index contributed by atoms with van der Waals surface area (Å²) in [6.45, 7) is 0. The van der Waals surface area contributed by atoms with Gasteiger partial charge in [0.05, 0.1) is 5.41 Å². The van der Waals surface area contributed by atoms with Gasteiger partial charge in [-0.05, 0) is 130 Å². The monoisotopic (exact) mass is 684 g/mol. The second-order valence-corrected chi connectivity index (χ2v) is 15.3. The summed E-state index contributed by atoms with van der Waals surface area (Å²) in [6.07, 6.45) is 7.01. The molecule has 250 valence electrons. The Hall–Kier alpha value is -6.70. The van der Waals surface area contributed by atoms with E-state index in [-0.39, 0.29) is 5.41 Å². The third-order valence-electron chi connectivity index (χ3n) is 12.9. The summed E-state index contributed by atoms with van der Waals surface area (Å²) in [7, 11) is 0. The van der Waals surface area contributed by atoms with Crippen molar-refractivity contribution in [2.45, 2.75) is 18.3 Å². The summed E-state index contributed by atoms with van der Waals surface area (Å²) in [5, 5.41) is 9.93. The van der Waals surface area contributed by atoms with Gasteiger partial charge in [0.25, 0.3) is 0 Å². The number of hydrogen-bond acceptors (Lipinski definition) is 1. The molecule has 0 N–H and O–H groups in total. The van der Waals surface area contributed by atoms with Crippen molar-refractivity contribution in [3.63, 3.8) is 0 Å². The molecule has 1 aromatic heterocycles. The van der Waals surface area contributed by atoms with Gasteiger partial charge in [0, 0.05) is 10.8 Å². The molecule has 54 heavy (non-hydrogen) atoms. The van der Waals surface area contributed by atoms with Gasteiger partial charge < -0.3 is 4.42 Å². The van der Waals surface area contributed by atoms with Crippen molar-refractivity contribution in [3.8, 4) is 33.4 Å². The lowest BCUT2D eigenvalue weighted by Crippen LogP contribution is -2.27. The van der Waals surface area contributed by atoms with Crippen LogP contribution < -0.4 is 0 Å². The maximum absolute atomic E-state index is 6.42. The Bertz CT molecular complexity index is 3270. The molecule has 0 saturated carbocycles. The second-order valence-electron chi connectivity index (χ2n) is 15.3. The second kappa shape index (κ2) is 10.2. The van der Waals surface area contributed by atoms with E-state index in [4.69, 9.17) is 4.42 Å². The quantitative estimate of drug-likeness (QED) is 0.130. The van der Waals surface area contributed by atoms with E-state index in [9.17, 15) is 0 Å². The summed E-state index contributed by atoms with van der Waals surface area (Å²) >= 11 is 0. The predicted molar refractivity (Wildman–Crippen MR) is 225 cm³/mol.